The average Bonchev–Trinajstić information content (AvgIpc) is 2.57. The molecular formula is C11H8ClN3S. The molecule has 0 aromatic carbocycles. The van der Waals surface area contributed by atoms with E-state index in [1.807, 2.05) is 19.9 Å². The number of hydrogen-bond donors (Lipinski definition) is 0. The Morgan fingerprint density at radius 1 is 1.25 bits per heavy atom. The molecule has 0 spiro atoms. The van der Waals surface area contributed by atoms with Gasteiger partial charge in [-0.15, -0.1) is 11.3 Å². The summed E-state index contributed by atoms with van der Waals surface area (Å²) >= 11 is 7.64. The molecule has 3 aromatic heterocycles. The van der Waals surface area contributed by atoms with Gasteiger partial charge in [0.05, 0.1) is 10.4 Å². The van der Waals surface area contributed by atoms with E-state index in [9.17, 15) is 0 Å². The number of hydrogen-bond acceptors (Lipinski definition) is 4. The first-order valence-corrected chi connectivity index (χ1v) is 6.04. The standard InChI is InChI=1S/C11H8ClN3S/c1-5-8-7-3-4-13-10(12)9(7)16-11(8)15-6(2)14-5/h3-4H,1-2H3. The Morgan fingerprint density at radius 3 is 2.88 bits per heavy atom. The molecule has 0 saturated carbocycles. The number of pyridine rings is 1. The van der Waals surface area contributed by atoms with Crippen LogP contribution in [0.4, 0.5) is 0 Å². The van der Waals surface area contributed by atoms with Crippen molar-refractivity contribution >= 4 is 43.2 Å². The van der Waals surface area contributed by atoms with E-state index in [1.165, 1.54) is 0 Å². The quantitative estimate of drug-likeness (QED) is 0.573. The molecule has 3 heterocycles. The molecule has 16 heavy (non-hydrogen) atoms. The summed E-state index contributed by atoms with van der Waals surface area (Å²) in [5.41, 5.74) is 0.996. The monoisotopic (exact) mass is 249 g/mol. The van der Waals surface area contributed by atoms with Crippen molar-refractivity contribution in [2.75, 3.05) is 0 Å². The summed E-state index contributed by atoms with van der Waals surface area (Å²) in [7, 11) is 0. The molecule has 3 rings (SSSR count). The van der Waals surface area contributed by atoms with Crippen molar-refractivity contribution in [2.24, 2.45) is 0 Å². The summed E-state index contributed by atoms with van der Waals surface area (Å²) in [5.74, 6) is 0.792. The molecule has 0 saturated heterocycles. The van der Waals surface area contributed by atoms with Crippen LogP contribution in [0.3, 0.4) is 0 Å². The van der Waals surface area contributed by atoms with Crippen LogP contribution in [0.2, 0.25) is 5.15 Å². The lowest BCUT2D eigenvalue weighted by molar-refractivity contribution is 1.06. The lowest BCUT2D eigenvalue weighted by atomic mass is 10.2. The minimum atomic E-state index is 0.539. The topological polar surface area (TPSA) is 38.7 Å². The SMILES string of the molecule is Cc1nc(C)c2c(n1)sc1c(Cl)nccc12. The smallest absolute Gasteiger partial charge is 0.146 e. The van der Waals surface area contributed by atoms with Crippen LogP contribution in [0, 0.1) is 13.8 Å². The molecular weight excluding hydrogens is 242 g/mol. The number of thiophene rings is 1. The first-order chi connectivity index (χ1) is 7.66. The summed E-state index contributed by atoms with van der Waals surface area (Å²) in [4.78, 5) is 13.9. The third-order valence-corrected chi connectivity index (χ3v) is 4.00. The Bertz CT molecular complexity index is 705. The van der Waals surface area contributed by atoms with E-state index in [0.29, 0.717) is 5.15 Å². The molecule has 0 atom stereocenters. The van der Waals surface area contributed by atoms with Crippen molar-refractivity contribution < 1.29 is 0 Å². The lowest BCUT2D eigenvalue weighted by Gasteiger charge is -1.97. The number of rotatable bonds is 0. The highest BCUT2D eigenvalue weighted by Gasteiger charge is 2.12. The van der Waals surface area contributed by atoms with Crippen molar-refractivity contribution in [3.63, 3.8) is 0 Å². The van der Waals surface area contributed by atoms with Gasteiger partial charge >= 0.3 is 0 Å². The number of aromatic nitrogens is 3. The minimum Gasteiger partial charge on any atom is -0.243 e. The van der Waals surface area contributed by atoms with Gasteiger partial charge in [0, 0.05) is 17.0 Å². The highest BCUT2D eigenvalue weighted by molar-refractivity contribution is 7.26. The molecule has 3 nitrogen and oxygen atoms in total. The normalized spacial score (nSPS) is 11.4. The van der Waals surface area contributed by atoms with Crippen LogP contribution in [-0.4, -0.2) is 15.0 Å². The van der Waals surface area contributed by atoms with Crippen molar-refractivity contribution in [2.45, 2.75) is 13.8 Å². The number of fused-ring (bicyclic) bond motifs is 3. The zero-order chi connectivity index (χ0) is 11.3. The van der Waals surface area contributed by atoms with Gasteiger partial charge in [0.15, 0.2) is 0 Å². The summed E-state index contributed by atoms with van der Waals surface area (Å²) in [6.07, 6.45) is 1.72. The van der Waals surface area contributed by atoms with Gasteiger partial charge in [0.25, 0.3) is 0 Å². The first-order valence-electron chi connectivity index (χ1n) is 4.85. The maximum atomic E-state index is 6.07. The lowest BCUT2D eigenvalue weighted by Crippen LogP contribution is -1.90. The highest BCUT2D eigenvalue weighted by Crippen LogP contribution is 2.36. The predicted molar refractivity (Wildman–Crippen MR) is 67.2 cm³/mol. The van der Waals surface area contributed by atoms with Crippen molar-refractivity contribution in [3.05, 3.63) is 28.9 Å². The van der Waals surface area contributed by atoms with Gasteiger partial charge in [0.1, 0.15) is 15.8 Å². The van der Waals surface area contributed by atoms with Crippen LogP contribution < -0.4 is 0 Å². The largest absolute Gasteiger partial charge is 0.243 e. The van der Waals surface area contributed by atoms with Crippen molar-refractivity contribution in [1.29, 1.82) is 0 Å². The van der Waals surface area contributed by atoms with Gasteiger partial charge in [-0.3, -0.25) is 0 Å². The third kappa shape index (κ3) is 1.30. The molecule has 0 amide bonds. The molecule has 0 N–H and O–H groups in total. The molecule has 80 valence electrons. The van der Waals surface area contributed by atoms with Crippen LogP contribution in [0.5, 0.6) is 0 Å². The molecule has 0 aliphatic carbocycles. The van der Waals surface area contributed by atoms with E-state index in [2.05, 4.69) is 15.0 Å². The van der Waals surface area contributed by atoms with Crippen LogP contribution in [0.25, 0.3) is 20.3 Å². The fourth-order valence-electron chi connectivity index (χ4n) is 1.88. The fraction of sp³-hybridized carbons (Fsp3) is 0.182. The fourth-order valence-corrected chi connectivity index (χ4v) is 3.30. The zero-order valence-corrected chi connectivity index (χ0v) is 10.4. The third-order valence-electron chi connectivity index (χ3n) is 2.50. The van der Waals surface area contributed by atoms with Crippen molar-refractivity contribution in [1.82, 2.24) is 15.0 Å². The number of nitrogens with zero attached hydrogens (tertiary/aromatic N) is 3. The number of aryl methyl sites for hydroxylation is 2. The minimum absolute atomic E-state index is 0.539. The van der Waals surface area contributed by atoms with Crippen LogP contribution in [0.1, 0.15) is 11.5 Å². The second-order valence-electron chi connectivity index (χ2n) is 3.62. The molecule has 0 aliphatic heterocycles. The Labute approximate surface area is 101 Å². The Hall–Kier alpha value is -1.26. The van der Waals surface area contributed by atoms with E-state index in [4.69, 9.17) is 11.6 Å². The van der Waals surface area contributed by atoms with E-state index < -0.39 is 0 Å². The van der Waals surface area contributed by atoms with Crippen LogP contribution in [0.15, 0.2) is 12.3 Å². The maximum Gasteiger partial charge on any atom is 0.146 e. The molecule has 0 fully saturated rings. The highest BCUT2D eigenvalue weighted by atomic mass is 35.5. The van der Waals surface area contributed by atoms with Gasteiger partial charge in [0.2, 0.25) is 0 Å². The van der Waals surface area contributed by atoms with Gasteiger partial charge in [-0.05, 0) is 19.9 Å². The predicted octanol–water partition coefficient (Wildman–Crippen LogP) is 3.51. The summed E-state index contributed by atoms with van der Waals surface area (Å²) in [6.45, 7) is 3.90. The maximum absolute atomic E-state index is 6.07. The Morgan fingerprint density at radius 2 is 2.06 bits per heavy atom. The number of halogens is 1. The van der Waals surface area contributed by atoms with Crippen LogP contribution >= 0.6 is 22.9 Å². The second kappa shape index (κ2) is 3.37. The average molecular weight is 250 g/mol. The van der Waals surface area contributed by atoms with E-state index in [-0.39, 0.29) is 0 Å². The summed E-state index contributed by atoms with van der Waals surface area (Å²) in [6, 6.07) is 1.96. The Balaban J connectivity index is 2.61. The first kappa shape index (κ1) is 9.93. The van der Waals surface area contributed by atoms with E-state index in [1.54, 1.807) is 17.5 Å². The molecule has 0 radical (unpaired) electrons. The van der Waals surface area contributed by atoms with Gasteiger partial charge < -0.3 is 0 Å². The van der Waals surface area contributed by atoms with E-state index in [0.717, 1.165) is 31.8 Å². The molecule has 5 heteroatoms. The van der Waals surface area contributed by atoms with Gasteiger partial charge in [-0.2, -0.15) is 0 Å². The summed E-state index contributed by atoms with van der Waals surface area (Å²) in [5, 5.41) is 2.73. The van der Waals surface area contributed by atoms with E-state index >= 15 is 0 Å². The second-order valence-corrected chi connectivity index (χ2v) is 4.97. The van der Waals surface area contributed by atoms with Gasteiger partial charge in [-0.25, -0.2) is 15.0 Å². The molecule has 3 aromatic rings. The molecule has 0 aliphatic rings. The van der Waals surface area contributed by atoms with Crippen LogP contribution in [-0.2, 0) is 0 Å². The molecule has 0 bridgehead atoms. The summed E-state index contributed by atoms with van der Waals surface area (Å²) < 4.78 is 0.988. The Kier molecular flexibility index (Phi) is 2.09. The zero-order valence-electron chi connectivity index (χ0n) is 8.78. The van der Waals surface area contributed by atoms with Crippen molar-refractivity contribution in [3.8, 4) is 0 Å². The molecule has 0 unspecified atom stereocenters. The van der Waals surface area contributed by atoms with Gasteiger partial charge in [-0.1, -0.05) is 11.6 Å².